The number of hydrogen-bond donors (Lipinski definition) is 0. The maximum Gasteiger partial charge on any atom is 0.496 e. The van der Waals surface area contributed by atoms with Crippen LogP contribution >= 0.6 is 0 Å². The fraction of sp³-hybridized carbons (Fsp3) is 0.136. The molecule has 0 atom stereocenters. The average molecular weight is 751 g/mol. The van der Waals surface area contributed by atoms with Gasteiger partial charge in [-0.05, 0) is 18.3 Å². The van der Waals surface area contributed by atoms with Crippen molar-refractivity contribution in [3.05, 3.63) is 122 Å². The average Bonchev–Trinajstić information content (AvgIpc) is 4.09. The van der Waals surface area contributed by atoms with Crippen LogP contribution in [0.25, 0.3) is 0 Å². The van der Waals surface area contributed by atoms with E-state index < -0.39 is 0 Å². The first-order valence-corrected chi connectivity index (χ1v) is 18.4. The lowest BCUT2D eigenvalue weighted by molar-refractivity contribution is -0.431. The number of benzene rings is 4. The third kappa shape index (κ3) is 5.63. The summed E-state index contributed by atoms with van der Waals surface area (Å²) in [6.45, 7) is 0. The molecule has 57 heavy (non-hydrogen) atoms. The van der Waals surface area contributed by atoms with Gasteiger partial charge >= 0.3 is 58.8 Å². The molecule has 13 nitrogen and oxygen atoms in total. The zero-order chi connectivity index (χ0) is 38.9. The summed E-state index contributed by atoms with van der Waals surface area (Å²) < 4.78 is 30.9. The zero-order valence-corrected chi connectivity index (χ0v) is 32.3. The summed E-state index contributed by atoms with van der Waals surface area (Å²) in [6.07, 6.45) is 15.8. The molecule has 0 unspecified atom stereocenters. The summed E-state index contributed by atoms with van der Waals surface area (Å²) >= 11 is 0. The van der Waals surface area contributed by atoms with Crippen molar-refractivity contribution in [2.75, 3.05) is 42.3 Å². The van der Waals surface area contributed by atoms with E-state index in [9.17, 15) is 0 Å². The molecule has 0 N–H and O–H groups in total. The van der Waals surface area contributed by atoms with Crippen LogP contribution in [0.15, 0.2) is 122 Å². The van der Waals surface area contributed by atoms with Crippen LogP contribution in [0.5, 0.6) is 11.5 Å². The second-order valence-corrected chi connectivity index (χ2v) is 14.2. The maximum absolute atomic E-state index is 7.30. The van der Waals surface area contributed by atoms with E-state index in [0.29, 0.717) is 11.5 Å². The van der Waals surface area contributed by atoms with Crippen LogP contribution in [-0.2, 0) is 0 Å². The van der Waals surface area contributed by atoms with E-state index in [0.717, 1.165) is 56.9 Å². The molecule has 0 amide bonds. The number of rotatable bonds is 8. The van der Waals surface area contributed by atoms with Crippen molar-refractivity contribution in [1.29, 1.82) is 0 Å². The molecule has 0 spiro atoms. The van der Waals surface area contributed by atoms with Crippen molar-refractivity contribution >= 4 is 92.9 Å². The van der Waals surface area contributed by atoms with Crippen LogP contribution in [0, 0.1) is 0 Å². The second-order valence-electron chi connectivity index (χ2n) is 14.2. The quantitative estimate of drug-likeness (QED) is 0.209. The van der Waals surface area contributed by atoms with Gasteiger partial charge in [-0.2, -0.15) is 0 Å². The largest absolute Gasteiger partial charge is 0.496 e. The lowest BCUT2D eigenvalue weighted by atomic mass is 10.1. The highest BCUT2D eigenvalue weighted by molar-refractivity contribution is 5.83. The second kappa shape index (κ2) is 12.8. The van der Waals surface area contributed by atoms with Gasteiger partial charge in [0.25, 0.3) is 58.9 Å². The maximum atomic E-state index is 7.30. The lowest BCUT2D eigenvalue weighted by Crippen LogP contribution is -2.08. The molecule has 0 aromatic heterocycles. The summed E-state index contributed by atoms with van der Waals surface area (Å²) in [7, 11) is 11.8. The predicted molar refractivity (Wildman–Crippen MR) is 211 cm³/mol. The van der Waals surface area contributed by atoms with Crippen LogP contribution < -0.4 is 13.9 Å². The molecule has 4 aromatic carbocycles. The molecule has 0 saturated heterocycles. The van der Waals surface area contributed by atoms with Crippen LogP contribution in [0.2, 0.25) is 0 Å². The predicted octanol–water partition coefficient (Wildman–Crippen LogP) is 5.85. The van der Waals surface area contributed by atoms with Gasteiger partial charge in [0.05, 0.1) is 24.3 Å². The monoisotopic (exact) mass is 750 g/mol. The molecule has 268 valence electrons. The number of para-hydroxylation sites is 4. The molecule has 0 radical (unpaired) electrons. The smallest absolute Gasteiger partial charge is 0.443 e. The van der Waals surface area contributed by atoms with Gasteiger partial charge in [0.15, 0.2) is 42.3 Å². The Morgan fingerprint density at radius 2 is 0.667 bits per heavy atom. The molecule has 0 bridgehead atoms. The first-order valence-electron chi connectivity index (χ1n) is 18.4. The van der Waals surface area contributed by atoms with Crippen LogP contribution in [0.4, 0.5) is 56.9 Å². The van der Waals surface area contributed by atoms with E-state index in [4.69, 9.17) is 4.74 Å². The standard InChI is InChI=1S/C44H38N12O/c1-45-15-19-51(27-45)37-23-41(53-21-17-47(3)29-53)43(25-39(37)55-31-49(5)33-11-7-9-13-35(33)55)57-44-26-40(56-32-50(6)34-12-8-10-14-36(34)56)38(52-20-16-46(2)28-52)24-42(44)54-22-18-48(4)30-54/h7-26H,1-6H3/q+12. The first-order chi connectivity index (χ1) is 27.7. The van der Waals surface area contributed by atoms with Crippen molar-refractivity contribution in [2.45, 2.75) is 0 Å². The minimum absolute atomic E-state index is 0.592. The Morgan fingerprint density at radius 3 is 1.00 bits per heavy atom. The minimum atomic E-state index is 0.592. The van der Waals surface area contributed by atoms with E-state index in [-0.39, 0.29) is 0 Å². The zero-order valence-electron chi connectivity index (χ0n) is 32.3. The molecule has 6 aliphatic rings. The Balaban J connectivity index is 1.26. The summed E-state index contributed by atoms with van der Waals surface area (Å²) in [4.78, 5) is 0. The third-order valence-corrected chi connectivity index (χ3v) is 10.1. The van der Waals surface area contributed by atoms with E-state index in [1.54, 1.807) is 0 Å². The summed E-state index contributed by atoms with van der Waals surface area (Å²) in [6, 6.07) is 45.7. The van der Waals surface area contributed by atoms with Gasteiger partial charge in [-0.25, -0.2) is 0 Å². The fourth-order valence-electron chi connectivity index (χ4n) is 7.40. The number of nitrogens with zero attached hydrogens (tertiary/aromatic N) is 12. The van der Waals surface area contributed by atoms with Gasteiger partial charge in [-0.3, -0.25) is 0 Å². The van der Waals surface area contributed by atoms with Crippen LogP contribution in [-0.4, -0.2) is 124 Å². The third-order valence-electron chi connectivity index (χ3n) is 10.1. The van der Waals surface area contributed by atoms with E-state index in [1.165, 1.54) is 0 Å². The SMILES string of the molecule is C[N+]1=C=[N+](c2cc([N+]3=C=[N+](C)C=C3)c([N+]3=C=[N+](C)c4ccccc43)cc2Oc2cc([N+]3=C=[N+](C)c4ccccc43)c([N+]3=C=[N+](C)C=C3)cc2[N+]2=C=[N+](C)C=C2)C=C1. The van der Waals surface area contributed by atoms with Crippen molar-refractivity contribution in [2.24, 2.45) is 0 Å². The Labute approximate surface area is 327 Å². The van der Waals surface area contributed by atoms with Gasteiger partial charge in [-0.1, -0.05) is 60.9 Å². The Kier molecular flexibility index (Phi) is 7.50. The molecule has 4 aromatic rings. The highest BCUT2D eigenvalue weighted by Gasteiger charge is 2.44. The number of fused-ring (bicyclic) bond motifs is 2. The van der Waals surface area contributed by atoms with Crippen molar-refractivity contribution in [3.63, 3.8) is 0 Å². The van der Waals surface area contributed by atoms with E-state index >= 15 is 0 Å². The number of hydrogen-bond acceptors (Lipinski definition) is 1. The minimum Gasteiger partial charge on any atom is -0.443 e. The van der Waals surface area contributed by atoms with Gasteiger partial charge in [0.1, 0.15) is 0 Å². The van der Waals surface area contributed by atoms with Gasteiger partial charge in [-0.15, -0.1) is 0 Å². The molecule has 0 aliphatic carbocycles. The first kappa shape index (κ1) is 33.5. The van der Waals surface area contributed by atoms with Gasteiger partial charge < -0.3 is 4.74 Å². The molecule has 10 rings (SSSR count). The molecule has 0 fully saturated rings. The topological polar surface area (TPSA) is 45.3 Å². The van der Waals surface area contributed by atoms with Crippen molar-refractivity contribution < 1.29 is 50.5 Å². The fourth-order valence-corrected chi connectivity index (χ4v) is 7.40. The molecule has 6 aliphatic heterocycles. The Bertz CT molecular complexity index is 3000. The van der Waals surface area contributed by atoms with Crippen LogP contribution in [0.1, 0.15) is 0 Å². The van der Waals surface area contributed by atoms with E-state index in [2.05, 4.69) is 93.7 Å². The molecule has 13 heteroatoms. The lowest BCUT2D eigenvalue weighted by Gasteiger charge is -2.09. The molecule has 6 heterocycles. The highest BCUT2D eigenvalue weighted by atomic mass is 16.5. The Morgan fingerprint density at radius 1 is 0.333 bits per heavy atom. The molecule has 0 saturated carbocycles. The van der Waals surface area contributed by atoms with E-state index in [1.807, 2.05) is 162 Å². The van der Waals surface area contributed by atoms with Gasteiger partial charge in [0.2, 0.25) is 36.3 Å². The van der Waals surface area contributed by atoms with Crippen molar-refractivity contribution in [3.8, 4) is 11.5 Å². The number of ether oxygens (including phenoxy) is 1. The highest BCUT2D eigenvalue weighted by Crippen LogP contribution is 2.48. The molecular weight excluding hydrogens is 713 g/mol. The van der Waals surface area contributed by atoms with Gasteiger partial charge in [0, 0.05) is 24.3 Å². The van der Waals surface area contributed by atoms with Crippen molar-refractivity contribution in [1.82, 2.24) is 9.15 Å². The molecular formula is C44H38N12O+12. The summed E-state index contributed by atoms with van der Waals surface area (Å²) in [5.74, 6) is 1.18. The summed E-state index contributed by atoms with van der Waals surface area (Å²) in [5, 5.41) is 0. The van der Waals surface area contributed by atoms with Crippen LogP contribution in [0.3, 0.4) is 0 Å². The normalized spacial score (nSPS) is 16.6. The summed E-state index contributed by atoms with van der Waals surface area (Å²) in [5.41, 5.74) is 9.06. The Hall–Kier alpha value is -8.08.